The molecule has 3 heterocycles. The molecule has 0 aromatic carbocycles. The minimum absolute atomic E-state index is 0.310. The van der Waals surface area contributed by atoms with Gasteiger partial charge in [-0.05, 0) is 44.9 Å². The number of rotatable bonds is 4. The number of aromatic nitrogens is 4. The molecule has 0 amide bonds. The second-order valence-electron chi connectivity index (χ2n) is 5.64. The minimum Gasteiger partial charge on any atom is -0.368 e. The highest BCUT2D eigenvalue weighted by atomic mass is 16.2. The van der Waals surface area contributed by atoms with Gasteiger partial charge in [-0.1, -0.05) is 0 Å². The molecule has 2 N–H and O–H groups in total. The van der Waals surface area contributed by atoms with E-state index in [0.717, 1.165) is 19.6 Å². The number of nitrogens with one attached hydrogen (secondary N) is 2. The lowest BCUT2D eigenvalue weighted by molar-refractivity contribution is 0.266. The Labute approximate surface area is 117 Å². The zero-order valence-corrected chi connectivity index (χ0v) is 11.8. The van der Waals surface area contributed by atoms with E-state index in [1.807, 2.05) is 6.07 Å². The van der Waals surface area contributed by atoms with Crippen LogP contribution in [0.5, 0.6) is 0 Å². The molecule has 7 heteroatoms. The topological polar surface area (TPSA) is 78.3 Å². The highest BCUT2D eigenvalue weighted by Gasteiger charge is 2.23. The molecule has 1 aliphatic rings. The standard InChI is InChI=1S/C13H20N6O/c1-9(2)18-6-5-10(8-18)7-14-11-3-4-12-15-16-13(20)19(12)17-11/h3-4,9-10H,5-8H2,1-2H3,(H,14,17)(H,16,20). The van der Waals surface area contributed by atoms with E-state index in [0.29, 0.717) is 23.4 Å². The predicted molar refractivity (Wildman–Crippen MR) is 76.9 cm³/mol. The first kappa shape index (κ1) is 13.1. The Morgan fingerprint density at radius 2 is 2.35 bits per heavy atom. The summed E-state index contributed by atoms with van der Waals surface area (Å²) in [7, 11) is 0. The molecule has 108 valence electrons. The molecular weight excluding hydrogens is 256 g/mol. The Morgan fingerprint density at radius 3 is 3.10 bits per heavy atom. The number of anilines is 1. The fraction of sp³-hybridized carbons (Fsp3) is 0.615. The third-order valence-electron chi connectivity index (χ3n) is 3.89. The van der Waals surface area contributed by atoms with Crippen molar-refractivity contribution >= 4 is 11.5 Å². The van der Waals surface area contributed by atoms with Gasteiger partial charge in [-0.15, -0.1) is 5.10 Å². The predicted octanol–water partition coefficient (Wildman–Crippen LogP) is 0.560. The van der Waals surface area contributed by atoms with Gasteiger partial charge >= 0.3 is 5.69 Å². The van der Waals surface area contributed by atoms with E-state index in [1.165, 1.54) is 10.9 Å². The number of H-pyrrole nitrogens is 1. The molecule has 1 fully saturated rings. The van der Waals surface area contributed by atoms with Crippen molar-refractivity contribution in [2.75, 3.05) is 25.0 Å². The lowest BCUT2D eigenvalue weighted by Gasteiger charge is -2.20. The van der Waals surface area contributed by atoms with Gasteiger partial charge in [-0.3, -0.25) is 0 Å². The molecule has 20 heavy (non-hydrogen) atoms. The fourth-order valence-corrected chi connectivity index (χ4v) is 2.64. The third kappa shape index (κ3) is 2.53. The van der Waals surface area contributed by atoms with E-state index in [4.69, 9.17) is 0 Å². The highest BCUT2D eigenvalue weighted by Crippen LogP contribution is 2.18. The molecule has 0 bridgehead atoms. The average molecular weight is 276 g/mol. The van der Waals surface area contributed by atoms with Crippen LogP contribution in [0.2, 0.25) is 0 Å². The van der Waals surface area contributed by atoms with Crippen molar-refractivity contribution in [3.63, 3.8) is 0 Å². The van der Waals surface area contributed by atoms with Gasteiger partial charge in [0, 0.05) is 19.1 Å². The first-order valence-corrected chi connectivity index (χ1v) is 7.06. The second kappa shape index (κ2) is 5.24. The summed E-state index contributed by atoms with van der Waals surface area (Å²) in [5.74, 6) is 1.35. The van der Waals surface area contributed by atoms with Crippen molar-refractivity contribution < 1.29 is 0 Å². The van der Waals surface area contributed by atoms with Crippen molar-refractivity contribution in [1.82, 2.24) is 24.7 Å². The van der Waals surface area contributed by atoms with Gasteiger partial charge in [0.2, 0.25) is 0 Å². The molecule has 1 atom stereocenters. The van der Waals surface area contributed by atoms with Crippen LogP contribution in [0.25, 0.3) is 5.65 Å². The maximum absolute atomic E-state index is 11.5. The van der Waals surface area contributed by atoms with Crippen LogP contribution in [-0.2, 0) is 0 Å². The number of hydrogen-bond donors (Lipinski definition) is 2. The van der Waals surface area contributed by atoms with E-state index < -0.39 is 0 Å². The van der Waals surface area contributed by atoms with Gasteiger partial charge < -0.3 is 10.2 Å². The van der Waals surface area contributed by atoms with E-state index in [2.05, 4.69) is 39.4 Å². The Morgan fingerprint density at radius 1 is 1.50 bits per heavy atom. The van der Waals surface area contributed by atoms with Crippen LogP contribution in [0.1, 0.15) is 20.3 Å². The Balaban J connectivity index is 1.63. The lowest BCUT2D eigenvalue weighted by Crippen LogP contribution is -2.29. The highest BCUT2D eigenvalue weighted by molar-refractivity contribution is 5.42. The monoisotopic (exact) mass is 276 g/mol. The van der Waals surface area contributed by atoms with Crippen LogP contribution >= 0.6 is 0 Å². The number of hydrogen-bond acceptors (Lipinski definition) is 5. The van der Waals surface area contributed by atoms with E-state index in [9.17, 15) is 4.79 Å². The summed E-state index contributed by atoms with van der Waals surface area (Å²) < 4.78 is 1.28. The third-order valence-corrected chi connectivity index (χ3v) is 3.89. The molecule has 0 spiro atoms. The summed E-state index contributed by atoms with van der Waals surface area (Å²) in [4.78, 5) is 13.9. The molecule has 3 rings (SSSR count). The Hall–Kier alpha value is -1.89. The maximum Gasteiger partial charge on any atom is 0.364 e. The molecule has 0 aliphatic carbocycles. The zero-order chi connectivity index (χ0) is 14.1. The summed E-state index contributed by atoms with van der Waals surface area (Å²) in [6.45, 7) is 7.64. The SMILES string of the molecule is CC(C)N1CCC(CNc2ccc3n[nH]c(=O)n3n2)C1. The van der Waals surface area contributed by atoms with Crippen LogP contribution in [-0.4, -0.2) is 50.4 Å². The lowest BCUT2D eigenvalue weighted by atomic mass is 10.1. The van der Waals surface area contributed by atoms with Gasteiger partial charge in [0.15, 0.2) is 5.65 Å². The van der Waals surface area contributed by atoms with Crippen molar-refractivity contribution in [2.24, 2.45) is 5.92 Å². The number of likely N-dealkylation sites (tertiary alicyclic amines) is 1. The fourth-order valence-electron chi connectivity index (χ4n) is 2.64. The van der Waals surface area contributed by atoms with Crippen LogP contribution in [0, 0.1) is 5.92 Å². The molecule has 0 saturated carbocycles. The van der Waals surface area contributed by atoms with Crippen molar-refractivity contribution in [2.45, 2.75) is 26.3 Å². The van der Waals surface area contributed by atoms with Gasteiger partial charge in [-0.25, -0.2) is 9.89 Å². The normalized spacial score (nSPS) is 20.1. The first-order valence-electron chi connectivity index (χ1n) is 7.06. The van der Waals surface area contributed by atoms with Crippen molar-refractivity contribution in [3.05, 3.63) is 22.6 Å². The molecule has 1 unspecified atom stereocenters. The summed E-state index contributed by atoms with van der Waals surface area (Å²) >= 11 is 0. The first-order chi connectivity index (χ1) is 9.63. The van der Waals surface area contributed by atoms with Gasteiger partial charge in [0.25, 0.3) is 0 Å². The summed E-state index contributed by atoms with van der Waals surface area (Å²) in [6, 6.07) is 4.24. The Kier molecular flexibility index (Phi) is 3.43. The number of nitrogens with zero attached hydrogens (tertiary/aromatic N) is 4. The van der Waals surface area contributed by atoms with E-state index in [-0.39, 0.29) is 5.69 Å². The quantitative estimate of drug-likeness (QED) is 0.853. The van der Waals surface area contributed by atoms with E-state index >= 15 is 0 Å². The maximum atomic E-state index is 11.5. The minimum atomic E-state index is -0.310. The summed E-state index contributed by atoms with van der Waals surface area (Å²) in [5.41, 5.74) is 0.225. The van der Waals surface area contributed by atoms with Crippen LogP contribution in [0.3, 0.4) is 0 Å². The van der Waals surface area contributed by atoms with Crippen molar-refractivity contribution in [1.29, 1.82) is 0 Å². The molecule has 7 nitrogen and oxygen atoms in total. The molecular formula is C13H20N6O. The zero-order valence-electron chi connectivity index (χ0n) is 11.8. The molecule has 0 radical (unpaired) electrons. The van der Waals surface area contributed by atoms with Crippen LogP contribution in [0.15, 0.2) is 16.9 Å². The van der Waals surface area contributed by atoms with Gasteiger partial charge in [0.1, 0.15) is 5.82 Å². The number of aromatic amines is 1. The molecule has 2 aromatic heterocycles. The van der Waals surface area contributed by atoms with Crippen LogP contribution in [0.4, 0.5) is 5.82 Å². The summed E-state index contributed by atoms with van der Waals surface area (Å²) in [5, 5.41) is 13.8. The average Bonchev–Trinajstić information content (AvgIpc) is 3.04. The van der Waals surface area contributed by atoms with E-state index in [1.54, 1.807) is 6.07 Å². The second-order valence-corrected chi connectivity index (χ2v) is 5.64. The Bertz CT molecular complexity index is 646. The number of fused-ring (bicyclic) bond motifs is 1. The van der Waals surface area contributed by atoms with Gasteiger partial charge in [0.05, 0.1) is 0 Å². The van der Waals surface area contributed by atoms with Gasteiger partial charge in [-0.2, -0.15) is 9.61 Å². The molecule has 1 aliphatic heterocycles. The largest absolute Gasteiger partial charge is 0.368 e. The smallest absolute Gasteiger partial charge is 0.364 e. The van der Waals surface area contributed by atoms with Crippen molar-refractivity contribution in [3.8, 4) is 0 Å². The van der Waals surface area contributed by atoms with Crippen LogP contribution < -0.4 is 11.0 Å². The molecule has 2 aromatic rings. The summed E-state index contributed by atoms with van der Waals surface area (Å²) in [6.07, 6.45) is 1.21. The molecule has 1 saturated heterocycles.